The Morgan fingerprint density at radius 2 is 1.79 bits per heavy atom. The average Bonchev–Trinajstić information content (AvgIpc) is 3.62. The zero-order valence-electron chi connectivity index (χ0n) is 28.0. The number of alkyl halides is 2. The Kier molecular flexibility index (Phi) is 9.79. The van der Waals surface area contributed by atoms with Crippen LogP contribution < -0.4 is 10.1 Å². The highest BCUT2D eigenvalue weighted by Crippen LogP contribution is 2.50. The highest BCUT2D eigenvalue weighted by atomic mass is 19.3. The summed E-state index contributed by atoms with van der Waals surface area (Å²) < 4.78 is 30.8. The summed E-state index contributed by atoms with van der Waals surface area (Å²) >= 11 is 0. The molecular formula is C35H45F2N7O3. The number of rotatable bonds is 10. The van der Waals surface area contributed by atoms with Gasteiger partial charge in [0.05, 0.1) is 12.6 Å². The Hall–Kier alpha value is -4.22. The molecule has 1 aliphatic heterocycles. The maximum atomic E-state index is 14.6. The zero-order chi connectivity index (χ0) is 34.0. The largest absolute Gasteiger partial charge is 0.435 e. The van der Waals surface area contributed by atoms with Crippen LogP contribution >= 0.6 is 0 Å². The van der Waals surface area contributed by atoms with Crippen LogP contribution in [0.5, 0.6) is 5.75 Å². The number of aromatic amines is 1. The van der Waals surface area contributed by atoms with E-state index in [4.69, 9.17) is 4.99 Å². The molecule has 2 N–H and O–H groups in total. The van der Waals surface area contributed by atoms with E-state index in [1.807, 2.05) is 17.0 Å². The van der Waals surface area contributed by atoms with Crippen LogP contribution in [0.4, 0.5) is 8.78 Å². The molecule has 0 radical (unpaired) electrons. The maximum absolute atomic E-state index is 14.6. The number of hydrogen-bond acceptors (Lipinski definition) is 7. The molecule has 3 aromatic rings. The molecule has 2 aliphatic rings. The predicted molar refractivity (Wildman–Crippen MR) is 174 cm³/mol. The van der Waals surface area contributed by atoms with Gasteiger partial charge < -0.3 is 15.0 Å². The van der Waals surface area contributed by atoms with Gasteiger partial charge in [0, 0.05) is 11.1 Å². The molecule has 0 unspecified atom stereocenters. The minimum absolute atomic E-state index is 0.00229. The number of ether oxygens (including phenoxy) is 1. The minimum Gasteiger partial charge on any atom is -0.435 e. The highest BCUT2D eigenvalue weighted by Gasteiger charge is 2.52. The summed E-state index contributed by atoms with van der Waals surface area (Å²) in [6.07, 6.45) is 4.72. The third-order valence-electron chi connectivity index (χ3n) is 9.37. The fourth-order valence-electron chi connectivity index (χ4n) is 6.74. The molecule has 1 atom stereocenters. The minimum atomic E-state index is -2.98. The normalized spacial score (nSPS) is 20.9. The average molecular weight is 650 g/mol. The number of hydrogen-bond donors (Lipinski definition) is 2. The van der Waals surface area contributed by atoms with E-state index in [0.29, 0.717) is 42.1 Å². The summed E-state index contributed by atoms with van der Waals surface area (Å²) in [5, 5.41) is 16.4. The van der Waals surface area contributed by atoms with Crippen molar-refractivity contribution in [2.75, 3.05) is 0 Å². The molecule has 1 spiro atoms. The Morgan fingerprint density at radius 1 is 1.09 bits per heavy atom. The van der Waals surface area contributed by atoms with Crippen molar-refractivity contribution in [1.82, 2.24) is 30.8 Å². The molecule has 0 saturated heterocycles. The van der Waals surface area contributed by atoms with E-state index in [2.05, 4.69) is 72.2 Å². The fraction of sp³-hybridized carbons (Fsp3) is 0.543. The second-order valence-corrected chi connectivity index (χ2v) is 14.9. The number of aromatic nitrogens is 4. The van der Waals surface area contributed by atoms with Crippen LogP contribution in [0.25, 0.3) is 0 Å². The van der Waals surface area contributed by atoms with Crippen molar-refractivity contribution in [2.24, 2.45) is 21.7 Å². The molecule has 1 aliphatic carbocycles. The maximum Gasteiger partial charge on any atom is 0.387 e. The van der Waals surface area contributed by atoms with E-state index in [1.54, 1.807) is 24.3 Å². The quantitative estimate of drug-likeness (QED) is 0.247. The second kappa shape index (κ2) is 13.5. The van der Waals surface area contributed by atoms with Crippen molar-refractivity contribution < 1.29 is 23.1 Å². The number of nitrogens with one attached hydrogen (secondary N) is 2. The lowest BCUT2D eigenvalue weighted by atomic mass is 9.69. The van der Waals surface area contributed by atoms with Gasteiger partial charge in [0.25, 0.3) is 11.8 Å². The lowest BCUT2D eigenvalue weighted by molar-refractivity contribution is -0.134. The van der Waals surface area contributed by atoms with Crippen molar-refractivity contribution in [3.05, 3.63) is 71.0 Å². The van der Waals surface area contributed by atoms with E-state index in [-0.39, 0.29) is 46.7 Å². The first-order valence-corrected chi connectivity index (χ1v) is 16.2. The summed E-state index contributed by atoms with van der Waals surface area (Å²) in [7, 11) is 0. The number of amides is 2. The van der Waals surface area contributed by atoms with E-state index in [1.165, 1.54) is 12.1 Å². The standard InChI is InChI=1S/C35H45F2N7O3/c1-33(2,3)17-16-27(22-10-12-23(13-11-22)30(45)38-21-28-40-42-43-41-28)44-31(46)29(24-8-7-9-26(20-24)47-32(36)37)39-35(44)18-14-25(15-19-35)34(4,5)6/h7-13,20,25,27,32H,14-19,21H2,1-6H3,(H,38,45)(H,40,41,42,43)/t25?,27-,35?/m1/s1. The van der Waals surface area contributed by atoms with Crippen molar-refractivity contribution in [3.63, 3.8) is 0 Å². The van der Waals surface area contributed by atoms with Crippen LogP contribution in [0.3, 0.4) is 0 Å². The molecule has 1 aromatic heterocycles. The number of carbonyl (C=O) groups is 2. The lowest BCUT2D eigenvalue weighted by Gasteiger charge is -2.47. The van der Waals surface area contributed by atoms with Crippen molar-refractivity contribution >= 4 is 17.5 Å². The molecule has 10 nitrogen and oxygen atoms in total. The number of benzene rings is 2. The van der Waals surface area contributed by atoms with Crippen LogP contribution in [0.15, 0.2) is 53.5 Å². The van der Waals surface area contributed by atoms with Crippen LogP contribution in [-0.2, 0) is 11.3 Å². The second-order valence-electron chi connectivity index (χ2n) is 14.9. The van der Waals surface area contributed by atoms with Gasteiger partial charge in [-0.15, -0.1) is 10.2 Å². The van der Waals surface area contributed by atoms with Crippen LogP contribution in [0, 0.1) is 16.7 Å². The summed E-state index contributed by atoms with van der Waals surface area (Å²) in [5.41, 5.74) is 1.42. The topological polar surface area (TPSA) is 125 Å². The van der Waals surface area contributed by atoms with Gasteiger partial charge in [-0.25, -0.2) is 0 Å². The van der Waals surface area contributed by atoms with Gasteiger partial charge in [0.15, 0.2) is 5.82 Å². The number of nitrogens with zero attached hydrogens (tertiary/aromatic N) is 5. The Labute approximate surface area is 274 Å². The molecule has 1 saturated carbocycles. The third kappa shape index (κ3) is 8.02. The first-order chi connectivity index (χ1) is 22.1. The van der Waals surface area contributed by atoms with Gasteiger partial charge in [0.2, 0.25) is 0 Å². The molecule has 0 bridgehead atoms. The first kappa shape index (κ1) is 34.1. The number of halogens is 2. The van der Waals surface area contributed by atoms with Gasteiger partial charge in [-0.2, -0.15) is 14.0 Å². The first-order valence-electron chi connectivity index (χ1n) is 16.2. The lowest BCUT2D eigenvalue weighted by Crippen LogP contribution is -2.51. The smallest absolute Gasteiger partial charge is 0.387 e. The van der Waals surface area contributed by atoms with Gasteiger partial charge in [-0.05, 0) is 85.1 Å². The predicted octanol–water partition coefficient (Wildman–Crippen LogP) is 6.86. The molecule has 2 amide bonds. The number of tetrazole rings is 1. The van der Waals surface area contributed by atoms with E-state index in [9.17, 15) is 18.4 Å². The van der Waals surface area contributed by atoms with Gasteiger partial charge in [-0.3, -0.25) is 14.6 Å². The summed E-state index contributed by atoms with van der Waals surface area (Å²) in [6.45, 7) is 10.4. The van der Waals surface area contributed by atoms with Gasteiger partial charge in [0.1, 0.15) is 17.1 Å². The molecule has 252 valence electrons. The van der Waals surface area contributed by atoms with E-state index >= 15 is 0 Å². The van der Waals surface area contributed by atoms with E-state index in [0.717, 1.165) is 24.8 Å². The van der Waals surface area contributed by atoms with E-state index < -0.39 is 12.3 Å². The molecular weight excluding hydrogens is 604 g/mol. The molecule has 1 fully saturated rings. The fourth-order valence-corrected chi connectivity index (χ4v) is 6.74. The van der Waals surface area contributed by atoms with Crippen molar-refractivity contribution in [2.45, 2.75) is 105 Å². The number of carbonyl (C=O) groups excluding carboxylic acids is 2. The number of aliphatic imine (C=N–C) groups is 1. The SMILES string of the molecule is CC(C)(C)CC[C@H](c1ccc(C(=O)NCc2nn[nH]n2)cc1)N1C(=O)C(c2cccc(OC(F)F)c2)=NC12CCC(C(C)(C)C)CC2. The molecule has 2 heterocycles. The molecule has 47 heavy (non-hydrogen) atoms. The van der Waals surface area contributed by atoms with Crippen molar-refractivity contribution in [1.29, 1.82) is 0 Å². The van der Waals surface area contributed by atoms with Gasteiger partial charge in [-0.1, -0.05) is 71.0 Å². The van der Waals surface area contributed by atoms with Crippen LogP contribution in [-0.4, -0.2) is 55.3 Å². The molecule has 2 aromatic carbocycles. The summed E-state index contributed by atoms with van der Waals surface area (Å²) in [5.74, 6) is 0.325. The van der Waals surface area contributed by atoms with Crippen molar-refractivity contribution in [3.8, 4) is 5.75 Å². The summed E-state index contributed by atoms with van der Waals surface area (Å²) in [6, 6.07) is 13.3. The molecule has 12 heteroatoms. The number of H-pyrrole nitrogens is 1. The molecule has 5 rings (SSSR count). The Morgan fingerprint density at radius 3 is 2.38 bits per heavy atom. The monoisotopic (exact) mass is 649 g/mol. The Bertz CT molecular complexity index is 1570. The Balaban J connectivity index is 1.50. The summed E-state index contributed by atoms with van der Waals surface area (Å²) in [4.78, 5) is 34.7. The van der Waals surface area contributed by atoms with Crippen LogP contribution in [0.2, 0.25) is 0 Å². The highest BCUT2D eigenvalue weighted by molar-refractivity contribution is 6.46. The third-order valence-corrected chi connectivity index (χ3v) is 9.37. The zero-order valence-corrected chi connectivity index (χ0v) is 28.0. The van der Waals surface area contributed by atoms with Crippen LogP contribution in [0.1, 0.15) is 113 Å². The van der Waals surface area contributed by atoms with Gasteiger partial charge >= 0.3 is 6.61 Å².